The van der Waals surface area contributed by atoms with E-state index in [0.717, 1.165) is 28.4 Å². The maximum Gasteiger partial charge on any atom is 0.0798 e. The summed E-state index contributed by atoms with van der Waals surface area (Å²) in [4.78, 5) is 0. The molecule has 0 saturated heterocycles. The van der Waals surface area contributed by atoms with Gasteiger partial charge in [0, 0.05) is 12.1 Å². The summed E-state index contributed by atoms with van der Waals surface area (Å²) in [6, 6.07) is 6.18. The quantitative estimate of drug-likeness (QED) is 0.923. The third-order valence-corrected chi connectivity index (χ3v) is 3.39. The van der Waals surface area contributed by atoms with Gasteiger partial charge in [-0.15, -0.1) is 5.10 Å². The molecule has 0 aliphatic carbocycles. The summed E-state index contributed by atoms with van der Waals surface area (Å²) in [5.41, 5.74) is 3.23. The van der Waals surface area contributed by atoms with Crippen LogP contribution in [0.25, 0.3) is 0 Å². The first kappa shape index (κ1) is 13.1. The minimum Gasteiger partial charge on any atom is -0.305 e. The Bertz CT molecular complexity index is 536. The van der Waals surface area contributed by atoms with Gasteiger partial charge in [0.2, 0.25) is 0 Å². The number of benzene rings is 1. The molecule has 2 rings (SSSR count). The van der Waals surface area contributed by atoms with E-state index >= 15 is 0 Å². The zero-order valence-electron chi connectivity index (χ0n) is 10.8. The van der Waals surface area contributed by atoms with Crippen molar-refractivity contribution in [3.05, 3.63) is 46.2 Å². The van der Waals surface area contributed by atoms with Crippen molar-refractivity contribution in [3.63, 3.8) is 0 Å². The van der Waals surface area contributed by atoms with Gasteiger partial charge in [-0.25, -0.2) is 0 Å². The van der Waals surface area contributed by atoms with Gasteiger partial charge < -0.3 is 5.32 Å². The molecule has 0 aliphatic heterocycles. The predicted molar refractivity (Wildman–Crippen MR) is 72.7 cm³/mol. The van der Waals surface area contributed by atoms with Crippen molar-refractivity contribution in [1.29, 1.82) is 0 Å². The van der Waals surface area contributed by atoms with Crippen LogP contribution in [0, 0.1) is 6.92 Å². The van der Waals surface area contributed by atoms with Crippen LogP contribution < -0.4 is 5.32 Å². The normalized spacial score (nSPS) is 12.7. The second-order valence-corrected chi connectivity index (χ2v) is 4.69. The van der Waals surface area contributed by atoms with Crippen molar-refractivity contribution in [2.75, 3.05) is 6.54 Å². The molecule has 1 atom stereocenters. The van der Waals surface area contributed by atoms with E-state index in [1.807, 2.05) is 26.1 Å². The topological polar surface area (TPSA) is 42.7 Å². The Morgan fingerprint density at radius 1 is 1.44 bits per heavy atom. The van der Waals surface area contributed by atoms with E-state index < -0.39 is 0 Å². The van der Waals surface area contributed by atoms with Gasteiger partial charge in [-0.2, -0.15) is 0 Å². The molecule has 0 amide bonds. The van der Waals surface area contributed by atoms with Crippen molar-refractivity contribution in [3.8, 4) is 0 Å². The number of halogens is 1. The van der Waals surface area contributed by atoms with Gasteiger partial charge in [0.1, 0.15) is 0 Å². The van der Waals surface area contributed by atoms with Gasteiger partial charge in [0.05, 0.1) is 17.9 Å². The molecule has 0 fully saturated rings. The molecule has 96 valence electrons. The fourth-order valence-electron chi connectivity index (χ4n) is 1.94. The molecule has 1 aromatic carbocycles. The summed E-state index contributed by atoms with van der Waals surface area (Å²) >= 11 is 6.19. The molecule has 5 heteroatoms. The van der Waals surface area contributed by atoms with Crippen molar-refractivity contribution in [2.24, 2.45) is 7.05 Å². The zero-order valence-corrected chi connectivity index (χ0v) is 11.6. The van der Waals surface area contributed by atoms with Crippen LogP contribution in [0.4, 0.5) is 0 Å². The number of hydrogen-bond donors (Lipinski definition) is 1. The van der Waals surface area contributed by atoms with Gasteiger partial charge in [-0.05, 0) is 30.7 Å². The lowest BCUT2D eigenvalue weighted by Gasteiger charge is -2.18. The van der Waals surface area contributed by atoms with Gasteiger partial charge in [-0.3, -0.25) is 4.68 Å². The van der Waals surface area contributed by atoms with Gasteiger partial charge in [-0.1, -0.05) is 35.9 Å². The SMILES string of the molecule is CCNC(c1ccc(C)c(Cl)c1)c1cnnn1C. The molecule has 0 aliphatic rings. The molecule has 1 heterocycles. The van der Waals surface area contributed by atoms with Crippen LogP contribution in [0.3, 0.4) is 0 Å². The number of aromatic nitrogens is 3. The number of hydrogen-bond acceptors (Lipinski definition) is 3. The van der Waals surface area contributed by atoms with Crippen LogP contribution in [0.15, 0.2) is 24.4 Å². The minimum absolute atomic E-state index is 0.0631. The van der Waals surface area contributed by atoms with Crippen molar-refractivity contribution >= 4 is 11.6 Å². The van der Waals surface area contributed by atoms with Crippen LogP contribution in [0.2, 0.25) is 5.02 Å². The molecule has 0 bridgehead atoms. The number of aryl methyl sites for hydroxylation is 2. The molecule has 4 nitrogen and oxygen atoms in total. The van der Waals surface area contributed by atoms with E-state index in [1.54, 1.807) is 10.9 Å². The third-order valence-electron chi connectivity index (χ3n) is 2.98. The first-order valence-corrected chi connectivity index (χ1v) is 6.35. The van der Waals surface area contributed by atoms with Gasteiger partial charge >= 0.3 is 0 Å². The second kappa shape index (κ2) is 5.50. The Kier molecular flexibility index (Phi) is 3.99. The van der Waals surface area contributed by atoms with E-state index in [-0.39, 0.29) is 6.04 Å². The van der Waals surface area contributed by atoms with Gasteiger partial charge in [0.25, 0.3) is 0 Å². The van der Waals surface area contributed by atoms with Crippen LogP contribution in [-0.4, -0.2) is 21.5 Å². The van der Waals surface area contributed by atoms with Crippen LogP contribution in [0.5, 0.6) is 0 Å². The summed E-state index contributed by atoms with van der Waals surface area (Å²) in [7, 11) is 1.89. The van der Waals surface area contributed by atoms with E-state index in [9.17, 15) is 0 Å². The molecule has 2 aromatic rings. The Labute approximate surface area is 112 Å². The maximum absolute atomic E-state index is 6.19. The highest BCUT2D eigenvalue weighted by Gasteiger charge is 2.17. The molecule has 1 N–H and O–H groups in total. The third kappa shape index (κ3) is 2.54. The highest BCUT2D eigenvalue weighted by atomic mass is 35.5. The molecule has 1 aromatic heterocycles. The lowest BCUT2D eigenvalue weighted by atomic mass is 10.0. The fraction of sp³-hybridized carbons (Fsp3) is 0.385. The Morgan fingerprint density at radius 3 is 2.78 bits per heavy atom. The first-order chi connectivity index (χ1) is 8.63. The summed E-state index contributed by atoms with van der Waals surface area (Å²) in [6.07, 6.45) is 1.78. The molecule has 0 spiro atoms. The second-order valence-electron chi connectivity index (χ2n) is 4.28. The smallest absolute Gasteiger partial charge is 0.0798 e. The highest BCUT2D eigenvalue weighted by Crippen LogP contribution is 2.25. The summed E-state index contributed by atoms with van der Waals surface area (Å²) in [5.74, 6) is 0. The average molecular weight is 265 g/mol. The van der Waals surface area contributed by atoms with Crippen molar-refractivity contribution in [1.82, 2.24) is 20.3 Å². The van der Waals surface area contributed by atoms with E-state index in [1.165, 1.54) is 0 Å². The fourth-order valence-corrected chi connectivity index (χ4v) is 2.13. The zero-order chi connectivity index (χ0) is 13.1. The van der Waals surface area contributed by atoms with Gasteiger partial charge in [0.15, 0.2) is 0 Å². The molecular formula is C13H17ClN4. The lowest BCUT2D eigenvalue weighted by Crippen LogP contribution is -2.24. The maximum atomic E-state index is 6.19. The highest BCUT2D eigenvalue weighted by molar-refractivity contribution is 6.31. The standard InChI is InChI=1S/C13H17ClN4/c1-4-15-13(12-8-16-17-18(12)3)10-6-5-9(2)11(14)7-10/h5-8,13,15H,4H2,1-3H3. The van der Waals surface area contributed by atoms with Crippen LogP contribution in [0.1, 0.15) is 29.8 Å². The van der Waals surface area contributed by atoms with Crippen LogP contribution >= 0.6 is 11.6 Å². The Morgan fingerprint density at radius 2 is 2.22 bits per heavy atom. The monoisotopic (exact) mass is 264 g/mol. The Balaban J connectivity index is 2.41. The molecule has 0 radical (unpaired) electrons. The van der Waals surface area contributed by atoms with E-state index in [0.29, 0.717) is 0 Å². The summed E-state index contributed by atoms with van der Waals surface area (Å²) < 4.78 is 1.78. The molecular weight excluding hydrogens is 248 g/mol. The predicted octanol–water partition coefficient (Wildman–Crippen LogP) is 2.48. The molecule has 18 heavy (non-hydrogen) atoms. The largest absolute Gasteiger partial charge is 0.305 e. The van der Waals surface area contributed by atoms with Crippen molar-refractivity contribution < 1.29 is 0 Å². The summed E-state index contributed by atoms with van der Waals surface area (Å²) in [5, 5.41) is 12.1. The number of nitrogens with one attached hydrogen (secondary N) is 1. The van der Waals surface area contributed by atoms with Crippen molar-refractivity contribution in [2.45, 2.75) is 19.9 Å². The van der Waals surface area contributed by atoms with Crippen LogP contribution in [-0.2, 0) is 7.05 Å². The number of rotatable bonds is 4. The van der Waals surface area contributed by atoms with E-state index in [2.05, 4.69) is 28.6 Å². The Hall–Kier alpha value is -1.39. The average Bonchev–Trinajstić information content (AvgIpc) is 2.76. The summed E-state index contributed by atoms with van der Waals surface area (Å²) in [6.45, 7) is 4.94. The molecule has 0 saturated carbocycles. The number of nitrogens with zero attached hydrogens (tertiary/aromatic N) is 3. The lowest BCUT2D eigenvalue weighted by molar-refractivity contribution is 0.568. The first-order valence-electron chi connectivity index (χ1n) is 5.97. The molecule has 1 unspecified atom stereocenters. The van der Waals surface area contributed by atoms with E-state index in [4.69, 9.17) is 11.6 Å². The minimum atomic E-state index is 0.0631.